The summed E-state index contributed by atoms with van der Waals surface area (Å²) in [6.45, 7) is 12.2. The monoisotopic (exact) mass is 562 g/mol. The molecule has 1 fully saturated rings. The Morgan fingerprint density at radius 1 is 1.12 bits per heavy atom. The SMILES string of the molecule is CC(C)N(CCN(C(=O)NC1=CC=CC(C)(C(F)(F)F)C1F)C1CCC(C)(c2cccc(C#N)c2)CC1)C(C)C. The minimum absolute atomic E-state index is 0.153. The van der Waals surface area contributed by atoms with Gasteiger partial charge in [0, 0.05) is 31.2 Å². The first-order valence-corrected chi connectivity index (χ1v) is 14.1. The smallest absolute Gasteiger partial charge is 0.320 e. The minimum atomic E-state index is -4.81. The molecular formula is C31H42F4N4O. The van der Waals surface area contributed by atoms with Crippen molar-refractivity contribution in [3.8, 4) is 6.07 Å². The summed E-state index contributed by atoms with van der Waals surface area (Å²) < 4.78 is 56.3. The van der Waals surface area contributed by atoms with Crippen molar-refractivity contribution < 1.29 is 22.4 Å². The molecule has 3 rings (SSSR count). The van der Waals surface area contributed by atoms with Crippen molar-refractivity contribution in [1.82, 2.24) is 15.1 Å². The molecule has 0 radical (unpaired) electrons. The number of nitriles is 1. The molecule has 2 aliphatic carbocycles. The van der Waals surface area contributed by atoms with E-state index in [4.69, 9.17) is 0 Å². The zero-order chi connectivity index (χ0) is 29.9. The third-order valence-corrected chi connectivity index (χ3v) is 8.75. The van der Waals surface area contributed by atoms with Crippen LogP contribution in [0, 0.1) is 16.7 Å². The van der Waals surface area contributed by atoms with Gasteiger partial charge in [0.1, 0.15) is 5.41 Å². The number of hydrogen-bond acceptors (Lipinski definition) is 3. The van der Waals surface area contributed by atoms with Crippen molar-refractivity contribution in [3.05, 3.63) is 59.3 Å². The lowest BCUT2D eigenvalue weighted by atomic mass is 9.69. The number of hydrogen-bond donors (Lipinski definition) is 1. The Hall–Kier alpha value is -2.86. The zero-order valence-electron chi connectivity index (χ0n) is 24.4. The van der Waals surface area contributed by atoms with Crippen LogP contribution >= 0.6 is 0 Å². The number of allylic oxidation sites excluding steroid dienone is 4. The van der Waals surface area contributed by atoms with E-state index in [1.165, 1.54) is 6.08 Å². The average molecular weight is 563 g/mol. The normalized spacial score (nSPS) is 27.1. The summed E-state index contributed by atoms with van der Waals surface area (Å²) >= 11 is 0. The van der Waals surface area contributed by atoms with Gasteiger partial charge < -0.3 is 10.2 Å². The minimum Gasteiger partial charge on any atom is -0.320 e. The average Bonchev–Trinajstić information content (AvgIpc) is 2.89. The van der Waals surface area contributed by atoms with Crippen molar-refractivity contribution in [3.63, 3.8) is 0 Å². The van der Waals surface area contributed by atoms with Crippen LogP contribution in [0.2, 0.25) is 0 Å². The zero-order valence-corrected chi connectivity index (χ0v) is 24.4. The Morgan fingerprint density at radius 3 is 2.30 bits per heavy atom. The summed E-state index contributed by atoms with van der Waals surface area (Å²) in [6.07, 6.45) is -1.14. The summed E-state index contributed by atoms with van der Waals surface area (Å²) in [6, 6.07) is 9.52. The van der Waals surface area contributed by atoms with E-state index in [1.807, 2.05) is 18.2 Å². The lowest BCUT2D eigenvalue weighted by Crippen LogP contribution is -2.54. The number of halogens is 4. The van der Waals surface area contributed by atoms with Crippen LogP contribution in [0.4, 0.5) is 22.4 Å². The van der Waals surface area contributed by atoms with Gasteiger partial charge in [-0.25, -0.2) is 9.18 Å². The van der Waals surface area contributed by atoms with Crippen molar-refractivity contribution in [2.45, 2.75) is 103 Å². The summed E-state index contributed by atoms with van der Waals surface area (Å²) in [4.78, 5) is 17.6. The molecule has 2 aliphatic rings. The van der Waals surface area contributed by atoms with Crippen LogP contribution in [-0.4, -0.2) is 59.4 Å². The summed E-state index contributed by atoms with van der Waals surface area (Å²) in [7, 11) is 0. The van der Waals surface area contributed by atoms with Gasteiger partial charge in [-0.15, -0.1) is 0 Å². The molecule has 40 heavy (non-hydrogen) atoms. The largest absolute Gasteiger partial charge is 0.400 e. The van der Waals surface area contributed by atoms with E-state index in [2.05, 4.69) is 50.9 Å². The van der Waals surface area contributed by atoms with Crippen LogP contribution in [0.25, 0.3) is 0 Å². The maximum Gasteiger partial charge on any atom is 0.400 e. The molecule has 1 aromatic rings. The Morgan fingerprint density at radius 2 is 1.75 bits per heavy atom. The molecule has 0 spiro atoms. The first-order chi connectivity index (χ1) is 18.6. The molecule has 5 nitrogen and oxygen atoms in total. The molecule has 0 bridgehead atoms. The van der Waals surface area contributed by atoms with Gasteiger partial charge in [-0.3, -0.25) is 4.90 Å². The predicted molar refractivity (Wildman–Crippen MR) is 149 cm³/mol. The van der Waals surface area contributed by atoms with Gasteiger partial charge >= 0.3 is 12.2 Å². The fourth-order valence-corrected chi connectivity index (χ4v) is 5.97. The van der Waals surface area contributed by atoms with Crippen LogP contribution < -0.4 is 5.32 Å². The molecular weight excluding hydrogens is 520 g/mol. The van der Waals surface area contributed by atoms with Crippen molar-refractivity contribution >= 4 is 6.03 Å². The molecule has 9 heteroatoms. The number of urea groups is 1. The topological polar surface area (TPSA) is 59.4 Å². The van der Waals surface area contributed by atoms with Gasteiger partial charge in [-0.2, -0.15) is 18.4 Å². The molecule has 0 saturated heterocycles. The molecule has 1 aromatic carbocycles. The molecule has 0 heterocycles. The number of nitrogens with zero attached hydrogens (tertiary/aromatic N) is 3. The van der Waals surface area contributed by atoms with E-state index in [9.17, 15) is 23.2 Å². The fourth-order valence-electron chi connectivity index (χ4n) is 5.97. The first-order valence-electron chi connectivity index (χ1n) is 14.1. The summed E-state index contributed by atoms with van der Waals surface area (Å²) in [5.74, 6) is 0. The molecule has 2 atom stereocenters. The van der Waals surface area contributed by atoms with Gasteiger partial charge in [0.2, 0.25) is 0 Å². The number of carbonyl (C=O) groups excluding carboxylic acids is 1. The third kappa shape index (κ3) is 6.71. The van der Waals surface area contributed by atoms with E-state index < -0.39 is 23.8 Å². The van der Waals surface area contributed by atoms with Gasteiger partial charge in [0.15, 0.2) is 6.17 Å². The number of rotatable bonds is 8. The second-order valence-electron chi connectivity index (χ2n) is 12.2. The lowest BCUT2D eigenvalue weighted by Gasteiger charge is -2.43. The Balaban J connectivity index is 1.81. The van der Waals surface area contributed by atoms with Crippen molar-refractivity contribution in [2.75, 3.05) is 13.1 Å². The molecule has 1 N–H and O–H groups in total. The van der Waals surface area contributed by atoms with Crippen LogP contribution in [0.15, 0.2) is 48.2 Å². The maximum absolute atomic E-state index is 15.2. The highest BCUT2D eigenvalue weighted by Gasteiger charge is 2.57. The van der Waals surface area contributed by atoms with Crippen molar-refractivity contribution in [1.29, 1.82) is 5.26 Å². The molecule has 1 saturated carbocycles. The van der Waals surface area contributed by atoms with Crippen LogP contribution in [0.3, 0.4) is 0 Å². The number of alkyl halides is 4. The van der Waals surface area contributed by atoms with E-state index in [-0.39, 0.29) is 29.2 Å². The van der Waals surface area contributed by atoms with Crippen LogP contribution in [-0.2, 0) is 5.41 Å². The summed E-state index contributed by atoms with van der Waals surface area (Å²) in [5, 5.41) is 11.8. The van der Waals surface area contributed by atoms with Crippen LogP contribution in [0.5, 0.6) is 0 Å². The molecule has 2 amide bonds. The molecule has 2 unspecified atom stereocenters. The Labute approximate surface area is 235 Å². The highest BCUT2D eigenvalue weighted by molar-refractivity contribution is 5.77. The first kappa shape index (κ1) is 31.7. The lowest BCUT2D eigenvalue weighted by molar-refractivity contribution is -0.215. The number of nitrogens with one attached hydrogen (secondary N) is 1. The maximum atomic E-state index is 15.2. The van der Waals surface area contributed by atoms with E-state index in [1.54, 1.807) is 11.0 Å². The van der Waals surface area contributed by atoms with Gasteiger partial charge in [-0.05, 0) is 89.5 Å². The number of carbonyl (C=O) groups is 1. The van der Waals surface area contributed by atoms with E-state index in [0.717, 1.165) is 37.5 Å². The van der Waals surface area contributed by atoms with Gasteiger partial charge in [-0.1, -0.05) is 31.2 Å². The highest BCUT2D eigenvalue weighted by Crippen LogP contribution is 2.47. The number of amides is 2. The fraction of sp³-hybridized carbons (Fsp3) is 0.613. The van der Waals surface area contributed by atoms with Crippen molar-refractivity contribution in [2.24, 2.45) is 5.41 Å². The standard InChI is InChI=1S/C31H42F4N4O/c1-21(2)38(22(3)4)17-18-39(28(40)37-26-11-8-14-30(6,27(26)32)31(33,34)35)25-12-15-29(5,16-13-25)24-10-7-9-23(19-24)20-36/h7-11,14,19,21-22,25,27H,12-13,15-18H2,1-6H3,(H,37,40). The molecule has 220 valence electrons. The third-order valence-electron chi connectivity index (χ3n) is 8.75. The van der Waals surface area contributed by atoms with E-state index >= 15 is 4.39 Å². The Bertz CT molecular complexity index is 1140. The molecule has 0 aliphatic heterocycles. The van der Waals surface area contributed by atoms with Gasteiger partial charge in [0.25, 0.3) is 0 Å². The Kier molecular flexibility index (Phi) is 9.77. The van der Waals surface area contributed by atoms with Crippen LogP contribution in [0.1, 0.15) is 78.4 Å². The highest BCUT2D eigenvalue weighted by atomic mass is 19.4. The number of benzene rings is 1. The second kappa shape index (κ2) is 12.3. The molecule has 0 aromatic heterocycles. The predicted octanol–water partition coefficient (Wildman–Crippen LogP) is 7.25. The van der Waals surface area contributed by atoms with Gasteiger partial charge in [0.05, 0.1) is 17.3 Å². The second-order valence-corrected chi connectivity index (χ2v) is 12.2. The summed E-state index contributed by atoms with van der Waals surface area (Å²) in [5.41, 5.74) is -1.58. The quantitative estimate of drug-likeness (QED) is 0.340. The van der Waals surface area contributed by atoms with E-state index in [0.29, 0.717) is 31.5 Å².